The monoisotopic (exact) mass is 193 g/mol. The van der Waals surface area contributed by atoms with Crippen LogP contribution in [-0.2, 0) is 13.5 Å². The summed E-state index contributed by atoms with van der Waals surface area (Å²) in [6, 6.07) is 0.535. The van der Waals surface area contributed by atoms with Gasteiger partial charge in [-0.2, -0.15) is 5.10 Å². The van der Waals surface area contributed by atoms with Crippen molar-refractivity contribution in [1.29, 1.82) is 0 Å². The Labute approximate surface area is 85.5 Å². The molecular weight excluding hydrogens is 174 g/mol. The van der Waals surface area contributed by atoms with E-state index < -0.39 is 0 Å². The van der Waals surface area contributed by atoms with E-state index in [1.165, 1.54) is 29.8 Å². The number of rotatable bonds is 2. The van der Waals surface area contributed by atoms with Gasteiger partial charge in [-0.15, -0.1) is 0 Å². The molecule has 1 atom stereocenters. The first-order valence-electron chi connectivity index (χ1n) is 5.49. The first kappa shape index (κ1) is 9.71. The summed E-state index contributed by atoms with van der Waals surface area (Å²) >= 11 is 0. The van der Waals surface area contributed by atoms with E-state index in [0.29, 0.717) is 6.04 Å². The van der Waals surface area contributed by atoms with E-state index in [1.54, 1.807) is 0 Å². The van der Waals surface area contributed by atoms with Crippen LogP contribution >= 0.6 is 0 Å². The minimum Gasteiger partial charge on any atom is -0.309 e. The van der Waals surface area contributed by atoms with Crippen molar-refractivity contribution in [2.75, 3.05) is 6.54 Å². The van der Waals surface area contributed by atoms with E-state index in [0.717, 1.165) is 13.0 Å². The fourth-order valence-corrected chi connectivity index (χ4v) is 2.44. The molecule has 1 N–H and O–H groups in total. The van der Waals surface area contributed by atoms with Gasteiger partial charge in [-0.3, -0.25) is 4.68 Å². The Balaban J connectivity index is 2.35. The van der Waals surface area contributed by atoms with Gasteiger partial charge in [0.15, 0.2) is 0 Å². The largest absolute Gasteiger partial charge is 0.309 e. The van der Waals surface area contributed by atoms with Gasteiger partial charge in [-0.25, -0.2) is 0 Å². The predicted octanol–water partition coefficient (Wildman–Crippen LogP) is 1.72. The van der Waals surface area contributed by atoms with Crippen molar-refractivity contribution in [2.24, 2.45) is 7.05 Å². The second-order valence-corrected chi connectivity index (χ2v) is 4.08. The summed E-state index contributed by atoms with van der Waals surface area (Å²) in [5.74, 6) is 0. The molecule has 3 nitrogen and oxygen atoms in total. The number of hydrogen-bond acceptors (Lipinski definition) is 2. The van der Waals surface area contributed by atoms with Crippen LogP contribution in [0.3, 0.4) is 0 Å². The van der Waals surface area contributed by atoms with Crippen molar-refractivity contribution < 1.29 is 0 Å². The lowest BCUT2D eigenvalue weighted by Crippen LogP contribution is -2.17. The Bertz CT molecular complexity index is 322. The normalized spacial score (nSPS) is 21.8. The first-order valence-corrected chi connectivity index (χ1v) is 5.49. The maximum atomic E-state index is 4.55. The number of nitrogens with zero attached hydrogens (tertiary/aromatic N) is 2. The number of aromatic nitrogens is 2. The molecule has 1 aliphatic rings. The molecule has 1 unspecified atom stereocenters. The van der Waals surface area contributed by atoms with Crippen LogP contribution in [0.2, 0.25) is 0 Å². The highest BCUT2D eigenvalue weighted by molar-refractivity contribution is 5.27. The van der Waals surface area contributed by atoms with E-state index in [9.17, 15) is 0 Å². The van der Waals surface area contributed by atoms with Gasteiger partial charge in [0.2, 0.25) is 0 Å². The fraction of sp³-hybridized carbons (Fsp3) is 0.727. The summed E-state index contributed by atoms with van der Waals surface area (Å²) in [5, 5.41) is 8.08. The standard InChI is InChI=1S/C11H19N3/c1-4-9-8(2)11(14(3)13-9)10-6-5-7-12-10/h10,12H,4-7H2,1-3H3. The first-order chi connectivity index (χ1) is 6.74. The lowest BCUT2D eigenvalue weighted by molar-refractivity contribution is 0.570. The molecule has 0 radical (unpaired) electrons. The molecule has 14 heavy (non-hydrogen) atoms. The highest BCUT2D eigenvalue weighted by atomic mass is 15.3. The maximum Gasteiger partial charge on any atom is 0.0654 e. The highest BCUT2D eigenvalue weighted by Crippen LogP contribution is 2.27. The molecule has 0 amide bonds. The summed E-state index contributed by atoms with van der Waals surface area (Å²) < 4.78 is 2.05. The molecular formula is C11H19N3. The molecule has 3 heteroatoms. The Morgan fingerprint density at radius 2 is 2.36 bits per heavy atom. The van der Waals surface area contributed by atoms with Gasteiger partial charge in [0, 0.05) is 13.1 Å². The topological polar surface area (TPSA) is 29.9 Å². The van der Waals surface area contributed by atoms with E-state index >= 15 is 0 Å². The van der Waals surface area contributed by atoms with Gasteiger partial charge in [0.05, 0.1) is 11.4 Å². The van der Waals surface area contributed by atoms with Gasteiger partial charge < -0.3 is 5.32 Å². The molecule has 0 aliphatic carbocycles. The summed E-state index contributed by atoms with van der Waals surface area (Å²) in [4.78, 5) is 0. The number of hydrogen-bond donors (Lipinski definition) is 1. The Morgan fingerprint density at radius 3 is 2.86 bits per heavy atom. The summed E-state index contributed by atoms with van der Waals surface area (Å²) in [7, 11) is 2.06. The van der Waals surface area contributed by atoms with Crippen LogP contribution in [0.15, 0.2) is 0 Å². The van der Waals surface area contributed by atoms with Gasteiger partial charge in [0.25, 0.3) is 0 Å². The van der Waals surface area contributed by atoms with Crippen molar-refractivity contribution in [3.05, 3.63) is 17.0 Å². The second-order valence-electron chi connectivity index (χ2n) is 4.08. The van der Waals surface area contributed by atoms with Crippen LogP contribution in [0, 0.1) is 6.92 Å². The molecule has 2 rings (SSSR count). The van der Waals surface area contributed by atoms with Gasteiger partial charge in [-0.05, 0) is 38.3 Å². The number of aryl methyl sites for hydroxylation is 2. The highest BCUT2D eigenvalue weighted by Gasteiger charge is 2.23. The zero-order valence-electron chi connectivity index (χ0n) is 9.30. The van der Waals surface area contributed by atoms with Crippen LogP contribution in [0.5, 0.6) is 0 Å². The van der Waals surface area contributed by atoms with Crippen LogP contribution in [0.1, 0.15) is 42.8 Å². The Morgan fingerprint density at radius 1 is 1.57 bits per heavy atom. The third kappa shape index (κ3) is 1.46. The van der Waals surface area contributed by atoms with Crippen LogP contribution in [-0.4, -0.2) is 16.3 Å². The Kier molecular flexibility index (Phi) is 2.59. The second kappa shape index (κ2) is 3.73. The average molecular weight is 193 g/mol. The van der Waals surface area contributed by atoms with E-state index in [4.69, 9.17) is 0 Å². The molecule has 1 saturated heterocycles. The zero-order valence-corrected chi connectivity index (χ0v) is 9.30. The lowest BCUT2D eigenvalue weighted by atomic mass is 10.1. The lowest BCUT2D eigenvalue weighted by Gasteiger charge is -2.11. The van der Waals surface area contributed by atoms with E-state index in [-0.39, 0.29) is 0 Å². The average Bonchev–Trinajstić information content (AvgIpc) is 2.74. The Hall–Kier alpha value is -0.830. The van der Waals surface area contributed by atoms with Crippen molar-refractivity contribution in [2.45, 2.75) is 39.2 Å². The van der Waals surface area contributed by atoms with Gasteiger partial charge >= 0.3 is 0 Å². The third-order valence-corrected chi connectivity index (χ3v) is 3.16. The molecule has 0 bridgehead atoms. The van der Waals surface area contributed by atoms with Crippen LogP contribution in [0.25, 0.3) is 0 Å². The van der Waals surface area contributed by atoms with Crippen LogP contribution < -0.4 is 5.32 Å². The quantitative estimate of drug-likeness (QED) is 0.775. The van der Waals surface area contributed by atoms with Crippen molar-refractivity contribution in [1.82, 2.24) is 15.1 Å². The van der Waals surface area contributed by atoms with E-state index in [2.05, 4.69) is 36.0 Å². The number of nitrogens with one attached hydrogen (secondary N) is 1. The summed E-state index contributed by atoms with van der Waals surface area (Å²) in [5.41, 5.74) is 4.02. The maximum absolute atomic E-state index is 4.55. The molecule has 1 aliphatic heterocycles. The van der Waals surface area contributed by atoms with Gasteiger partial charge in [0.1, 0.15) is 0 Å². The molecule has 0 aromatic carbocycles. The third-order valence-electron chi connectivity index (χ3n) is 3.16. The molecule has 2 heterocycles. The fourth-order valence-electron chi connectivity index (χ4n) is 2.44. The molecule has 78 valence electrons. The predicted molar refractivity (Wildman–Crippen MR) is 57.3 cm³/mol. The van der Waals surface area contributed by atoms with E-state index in [1.807, 2.05) is 0 Å². The molecule has 0 spiro atoms. The van der Waals surface area contributed by atoms with Crippen molar-refractivity contribution >= 4 is 0 Å². The minimum atomic E-state index is 0.535. The van der Waals surface area contributed by atoms with Gasteiger partial charge in [-0.1, -0.05) is 6.92 Å². The molecule has 1 aromatic heterocycles. The van der Waals surface area contributed by atoms with Crippen LogP contribution in [0.4, 0.5) is 0 Å². The van der Waals surface area contributed by atoms with Crippen molar-refractivity contribution in [3.8, 4) is 0 Å². The summed E-state index contributed by atoms with van der Waals surface area (Å²) in [6.45, 7) is 5.51. The zero-order chi connectivity index (χ0) is 10.1. The SMILES string of the molecule is CCc1nn(C)c(C2CCCN2)c1C. The summed E-state index contributed by atoms with van der Waals surface area (Å²) in [6.07, 6.45) is 3.58. The molecule has 1 aromatic rings. The smallest absolute Gasteiger partial charge is 0.0654 e. The minimum absolute atomic E-state index is 0.535. The van der Waals surface area contributed by atoms with Crippen molar-refractivity contribution in [3.63, 3.8) is 0 Å². The molecule has 1 fully saturated rings. The molecule has 0 saturated carbocycles.